The van der Waals surface area contributed by atoms with Crippen molar-refractivity contribution in [2.45, 2.75) is 46.5 Å². The number of esters is 1. The van der Waals surface area contributed by atoms with E-state index in [-0.39, 0.29) is 5.82 Å². The summed E-state index contributed by atoms with van der Waals surface area (Å²) in [6.45, 7) is 7.12. The second-order valence-corrected chi connectivity index (χ2v) is 5.01. The zero-order chi connectivity index (χ0) is 15.0. The fraction of sp³-hybridized carbons (Fsp3) is 0.667. The molecule has 0 aliphatic rings. The van der Waals surface area contributed by atoms with E-state index in [0.29, 0.717) is 11.7 Å². The fourth-order valence-corrected chi connectivity index (χ4v) is 2.03. The second-order valence-electron chi connectivity index (χ2n) is 5.01. The molecule has 112 valence electrons. The van der Waals surface area contributed by atoms with Crippen LogP contribution in [0, 0.1) is 12.8 Å². The van der Waals surface area contributed by atoms with Crippen LogP contribution in [0.5, 0.6) is 0 Å². The molecule has 0 spiro atoms. The molecule has 0 radical (unpaired) electrons. The number of ether oxygens (including phenoxy) is 1. The first-order valence-corrected chi connectivity index (χ1v) is 7.28. The average Bonchev–Trinajstić information content (AvgIpc) is 2.46. The van der Waals surface area contributed by atoms with Gasteiger partial charge in [-0.05, 0) is 19.3 Å². The summed E-state index contributed by atoms with van der Waals surface area (Å²) in [6, 6.07) is 1.85. The summed E-state index contributed by atoms with van der Waals surface area (Å²) in [5, 5.41) is 3.31. The standard InChI is InChI=1S/C15H25N3O2/c1-5-7-8-12(6-2)10-16-13-9-11(3)17-14(18-13)15(19)20-4/h9,12H,5-8,10H2,1-4H3,(H,16,17,18). The number of rotatable bonds is 8. The third-order valence-corrected chi connectivity index (χ3v) is 3.34. The topological polar surface area (TPSA) is 64.1 Å². The predicted octanol–water partition coefficient (Wildman–Crippen LogP) is 3.20. The van der Waals surface area contributed by atoms with E-state index in [1.807, 2.05) is 13.0 Å². The van der Waals surface area contributed by atoms with Crippen molar-refractivity contribution in [3.05, 3.63) is 17.6 Å². The minimum atomic E-state index is -0.505. The van der Waals surface area contributed by atoms with Crippen molar-refractivity contribution < 1.29 is 9.53 Å². The van der Waals surface area contributed by atoms with Crippen LogP contribution >= 0.6 is 0 Å². The number of carbonyl (C=O) groups excluding carboxylic acids is 1. The molecular formula is C15H25N3O2. The molecule has 5 heteroatoms. The lowest BCUT2D eigenvalue weighted by Gasteiger charge is -2.16. The fourth-order valence-electron chi connectivity index (χ4n) is 2.03. The van der Waals surface area contributed by atoms with Crippen molar-refractivity contribution in [2.24, 2.45) is 5.92 Å². The van der Waals surface area contributed by atoms with Crippen molar-refractivity contribution in [2.75, 3.05) is 19.0 Å². The van der Waals surface area contributed by atoms with Crippen LogP contribution in [0.3, 0.4) is 0 Å². The highest BCUT2D eigenvalue weighted by molar-refractivity contribution is 5.85. The molecule has 1 N–H and O–H groups in total. The smallest absolute Gasteiger partial charge is 0.376 e. The highest BCUT2D eigenvalue weighted by Gasteiger charge is 2.12. The quantitative estimate of drug-likeness (QED) is 0.740. The van der Waals surface area contributed by atoms with Gasteiger partial charge in [0.25, 0.3) is 0 Å². The summed E-state index contributed by atoms with van der Waals surface area (Å²) in [7, 11) is 1.33. The van der Waals surface area contributed by atoms with E-state index in [2.05, 4.69) is 33.9 Å². The molecule has 1 heterocycles. The molecule has 0 saturated heterocycles. The van der Waals surface area contributed by atoms with Crippen LogP contribution in [0.2, 0.25) is 0 Å². The minimum absolute atomic E-state index is 0.108. The Morgan fingerprint density at radius 2 is 2.15 bits per heavy atom. The maximum Gasteiger partial charge on any atom is 0.376 e. The van der Waals surface area contributed by atoms with Crippen molar-refractivity contribution in [1.29, 1.82) is 0 Å². The molecule has 0 bridgehead atoms. The van der Waals surface area contributed by atoms with Crippen molar-refractivity contribution in [1.82, 2.24) is 9.97 Å². The summed E-state index contributed by atoms with van der Waals surface area (Å²) >= 11 is 0. The Morgan fingerprint density at radius 1 is 1.40 bits per heavy atom. The normalized spacial score (nSPS) is 12.0. The van der Waals surface area contributed by atoms with Crippen molar-refractivity contribution in [3.8, 4) is 0 Å². The van der Waals surface area contributed by atoms with Crippen LogP contribution in [0.25, 0.3) is 0 Å². The summed E-state index contributed by atoms with van der Waals surface area (Å²) in [4.78, 5) is 19.7. The lowest BCUT2D eigenvalue weighted by atomic mass is 9.99. The van der Waals surface area contributed by atoms with E-state index >= 15 is 0 Å². The van der Waals surface area contributed by atoms with Gasteiger partial charge in [-0.1, -0.05) is 33.1 Å². The number of nitrogens with zero attached hydrogens (tertiary/aromatic N) is 2. The Balaban J connectivity index is 2.67. The number of hydrogen-bond donors (Lipinski definition) is 1. The number of aromatic nitrogens is 2. The summed E-state index contributed by atoms with van der Waals surface area (Å²) in [5.74, 6) is 0.922. The number of methoxy groups -OCH3 is 1. The van der Waals surface area contributed by atoms with E-state index in [4.69, 9.17) is 0 Å². The Labute approximate surface area is 121 Å². The van der Waals surface area contributed by atoms with Crippen LogP contribution in [0.15, 0.2) is 6.07 Å². The van der Waals surface area contributed by atoms with Crippen LogP contribution in [0.1, 0.15) is 55.8 Å². The van der Waals surface area contributed by atoms with Gasteiger partial charge < -0.3 is 10.1 Å². The SMILES string of the molecule is CCCCC(CC)CNc1cc(C)nc(C(=O)OC)n1. The molecule has 0 saturated carbocycles. The second kappa shape index (κ2) is 8.51. The van der Waals surface area contributed by atoms with Crippen molar-refractivity contribution >= 4 is 11.8 Å². The van der Waals surface area contributed by atoms with Gasteiger partial charge in [0.1, 0.15) is 5.82 Å². The molecule has 20 heavy (non-hydrogen) atoms. The van der Waals surface area contributed by atoms with E-state index in [1.165, 1.54) is 26.4 Å². The van der Waals surface area contributed by atoms with Gasteiger partial charge in [-0.15, -0.1) is 0 Å². The molecule has 0 fully saturated rings. The summed E-state index contributed by atoms with van der Waals surface area (Å²) < 4.78 is 4.65. The largest absolute Gasteiger partial charge is 0.463 e. The molecule has 0 aliphatic heterocycles. The third kappa shape index (κ3) is 5.15. The van der Waals surface area contributed by atoms with Gasteiger partial charge in [0.2, 0.25) is 5.82 Å². The maximum absolute atomic E-state index is 11.5. The lowest BCUT2D eigenvalue weighted by molar-refractivity contribution is 0.0586. The first-order valence-electron chi connectivity index (χ1n) is 7.28. The Bertz CT molecular complexity index is 435. The van der Waals surface area contributed by atoms with Gasteiger partial charge in [-0.25, -0.2) is 14.8 Å². The zero-order valence-corrected chi connectivity index (χ0v) is 12.9. The highest BCUT2D eigenvalue weighted by Crippen LogP contribution is 2.14. The zero-order valence-electron chi connectivity index (χ0n) is 12.9. The molecule has 1 atom stereocenters. The molecule has 1 aromatic heterocycles. The van der Waals surface area contributed by atoms with Crippen LogP contribution in [-0.4, -0.2) is 29.6 Å². The highest BCUT2D eigenvalue weighted by atomic mass is 16.5. The van der Waals surface area contributed by atoms with E-state index < -0.39 is 5.97 Å². The molecule has 1 aromatic rings. The molecule has 0 aromatic carbocycles. The van der Waals surface area contributed by atoms with Gasteiger partial charge in [0.15, 0.2) is 0 Å². The molecule has 1 rings (SSSR count). The van der Waals surface area contributed by atoms with Gasteiger partial charge in [-0.3, -0.25) is 0 Å². The van der Waals surface area contributed by atoms with E-state index in [9.17, 15) is 4.79 Å². The van der Waals surface area contributed by atoms with Gasteiger partial charge in [0, 0.05) is 18.3 Å². The van der Waals surface area contributed by atoms with E-state index in [0.717, 1.165) is 18.7 Å². The summed E-state index contributed by atoms with van der Waals surface area (Å²) in [6.07, 6.45) is 4.82. The minimum Gasteiger partial charge on any atom is -0.463 e. The molecule has 1 unspecified atom stereocenters. The molecule has 5 nitrogen and oxygen atoms in total. The number of carbonyl (C=O) groups is 1. The first-order chi connectivity index (χ1) is 9.60. The molecule has 0 aliphatic carbocycles. The average molecular weight is 279 g/mol. The monoisotopic (exact) mass is 279 g/mol. The van der Waals surface area contributed by atoms with Crippen LogP contribution in [-0.2, 0) is 4.74 Å². The number of hydrogen-bond acceptors (Lipinski definition) is 5. The van der Waals surface area contributed by atoms with Gasteiger partial charge in [-0.2, -0.15) is 0 Å². The predicted molar refractivity (Wildman–Crippen MR) is 79.9 cm³/mol. The Kier molecular flexibility index (Phi) is 6.98. The number of unbranched alkanes of at least 4 members (excludes halogenated alkanes) is 1. The number of aryl methyl sites for hydroxylation is 1. The molecular weight excluding hydrogens is 254 g/mol. The third-order valence-electron chi connectivity index (χ3n) is 3.34. The van der Waals surface area contributed by atoms with Crippen LogP contribution < -0.4 is 5.32 Å². The van der Waals surface area contributed by atoms with Crippen molar-refractivity contribution in [3.63, 3.8) is 0 Å². The Hall–Kier alpha value is -1.65. The molecule has 0 amide bonds. The number of nitrogens with one attached hydrogen (secondary N) is 1. The lowest BCUT2D eigenvalue weighted by Crippen LogP contribution is -2.16. The van der Waals surface area contributed by atoms with Gasteiger partial charge in [0.05, 0.1) is 7.11 Å². The number of anilines is 1. The van der Waals surface area contributed by atoms with Crippen LogP contribution in [0.4, 0.5) is 5.82 Å². The first kappa shape index (κ1) is 16.4. The maximum atomic E-state index is 11.5. The van der Waals surface area contributed by atoms with Gasteiger partial charge >= 0.3 is 5.97 Å². The summed E-state index contributed by atoms with van der Waals surface area (Å²) in [5.41, 5.74) is 0.754. The Morgan fingerprint density at radius 3 is 2.75 bits per heavy atom. The van der Waals surface area contributed by atoms with E-state index in [1.54, 1.807) is 0 Å².